The van der Waals surface area contributed by atoms with Gasteiger partial charge in [-0.05, 0) is 80.2 Å². The number of rotatable bonds is 7. The number of carbonyl (C=O) groups excluding carboxylic acids is 1. The van der Waals surface area contributed by atoms with E-state index in [0.29, 0.717) is 46.6 Å². The second kappa shape index (κ2) is 12.1. The van der Waals surface area contributed by atoms with Gasteiger partial charge in [-0.15, -0.1) is 0 Å². The molecule has 2 aromatic carbocycles. The predicted molar refractivity (Wildman–Crippen MR) is 149 cm³/mol. The first-order chi connectivity index (χ1) is 18.8. The molecule has 2 aliphatic rings. The van der Waals surface area contributed by atoms with E-state index in [1.165, 1.54) is 31.0 Å². The van der Waals surface area contributed by atoms with Gasteiger partial charge in [0.05, 0.1) is 17.2 Å². The van der Waals surface area contributed by atoms with E-state index in [9.17, 15) is 13.6 Å². The maximum Gasteiger partial charge on any atom is 0.256 e. The SMILES string of the molecule is Nc1ncc(-c2ccc(F)c(C(=O)N3CCC(N4CCCC4)CC3)c2)cc1OCCc1c(Cl)ccc(F)c1Cl. The van der Waals surface area contributed by atoms with Crippen LogP contribution in [0.2, 0.25) is 10.0 Å². The molecule has 2 aliphatic heterocycles. The van der Waals surface area contributed by atoms with Crippen molar-refractivity contribution in [2.75, 3.05) is 38.5 Å². The fourth-order valence-corrected chi connectivity index (χ4v) is 5.93. The number of amides is 1. The Morgan fingerprint density at radius 1 is 1.00 bits per heavy atom. The van der Waals surface area contributed by atoms with E-state index < -0.39 is 11.6 Å². The summed E-state index contributed by atoms with van der Waals surface area (Å²) in [6, 6.07) is 9.27. The summed E-state index contributed by atoms with van der Waals surface area (Å²) in [7, 11) is 0. The zero-order valence-corrected chi connectivity index (χ0v) is 22.9. The first kappa shape index (κ1) is 27.6. The van der Waals surface area contributed by atoms with E-state index in [-0.39, 0.29) is 35.3 Å². The number of nitrogens with zero attached hydrogens (tertiary/aromatic N) is 3. The highest BCUT2D eigenvalue weighted by Gasteiger charge is 2.29. The molecule has 2 N–H and O–H groups in total. The number of ether oxygens (including phenoxy) is 1. The first-order valence-corrected chi connectivity index (χ1v) is 13.9. The van der Waals surface area contributed by atoms with Gasteiger partial charge < -0.3 is 20.3 Å². The van der Waals surface area contributed by atoms with Crippen LogP contribution in [0.1, 0.15) is 41.6 Å². The molecule has 0 spiro atoms. The summed E-state index contributed by atoms with van der Waals surface area (Å²) < 4.78 is 34.4. The average Bonchev–Trinajstić information content (AvgIpc) is 3.49. The second-order valence-electron chi connectivity index (χ2n) is 9.99. The van der Waals surface area contributed by atoms with Gasteiger partial charge in [0.25, 0.3) is 5.91 Å². The highest BCUT2D eigenvalue weighted by atomic mass is 35.5. The van der Waals surface area contributed by atoms with Crippen LogP contribution in [0.4, 0.5) is 14.6 Å². The Labute approximate surface area is 236 Å². The van der Waals surface area contributed by atoms with Gasteiger partial charge in [0, 0.05) is 42.3 Å². The molecule has 3 heterocycles. The third-order valence-electron chi connectivity index (χ3n) is 7.57. The quantitative estimate of drug-likeness (QED) is 0.338. The molecule has 3 aromatic rings. The summed E-state index contributed by atoms with van der Waals surface area (Å²) in [4.78, 5) is 21.7. The maximum atomic E-state index is 14.8. The lowest BCUT2D eigenvalue weighted by molar-refractivity contribution is 0.0640. The molecule has 10 heteroatoms. The van der Waals surface area contributed by atoms with Gasteiger partial charge >= 0.3 is 0 Å². The van der Waals surface area contributed by atoms with Crippen molar-refractivity contribution < 1.29 is 18.3 Å². The largest absolute Gasteiger partial charge is 0.489 e. The molecule has 1 aromatic heterocycles. The molecular formula is C29H30Cl2F2N4O2. The van der Waals surface area contributed by atoms with Crippen LogP contribution in [0.25, 0.3) is 11.1 Å². The standard InChI is InChI=1S/C29H30Cl2F2N4O2/c30-23-4-6-25(33)27(31)21(23)9-14-39-26-16-19(17-35-28(26)34)18-3-5-24(32)22(15-18)29(38)37-12-7-20(8-13-37)36-10-1-2-11-36/h3-6,15-17,20H,1-2,7-14H2,(H2,34,35). The Bertz CT molecular complexity index is 1360. The minimum atomic E-state index is -0.561. The number of halogens is 4. The molecular weight excluding hydrogens is 545 g/mol. The van der Waals surface area contributed by atoms with Crippen LogP contribution in [0.5, 0.6) is 5.75 Å². The number of hydrogen-bond donors (Lipinski definition) is 1. The van der Waals surface area contributed by atoms with Crippen LogP contribution >= 0.6 is 23.2 Å². The summed E-state index contributed by atoms with van der Waals surface area (Å²) in [6.07, 6.45) is 6.08. The number of likely N-dealkylation sites (tertiary alicyclic amines) is 2. The van der Waals surface area contributed by atoms with E-state index in [4.69, 9.17) is 33.7 Å². The smallest absolute Gasteiger partial charge is 0.256 e. The number of aromatic nitrogens is 1. The molecule has 0 aliphatic carbocycles. The molecule has 6 nitrogen and oxygen atoms in total. The Morgan fingerprint density at radius 2 is 1.72 bits per heavy atom. The van der Waals surface area contributed by atoms with E-state index in [1.54, 1.807) is 29.3 Å². The minimum Gasteiger partial charge on any atom is -0.489 e. The second-order valence-corrected chi connectivity index (χ2v) is 10.8. The summed E-state index contributed by atoms with van der Waals surface area (Å²) in [5.74, 6) is -0.962. The van der Waals surface area contributed by atoms with Gasteiger partial charge in [-0.25, -0.2) is 13.8 Å². The van der Waals surface area contributed by atoms with Crippen molar-refractivity contribution >= 4 is 34.9 Å². The summed E-state index contributed by atoms with van der Waals surface area (Å²) in [6.45, 7) is 3.61. The molecule has 5 rings (SSSR count). The Balaban J connectivity index is 1.28. The van der Waals surface area contributed by atoms with Crippen molar-refractivity contribution in [3.63, 3.8) is 0 Å². The molecule has 206 valence electrons. The minimum absolute atomic E-state index is 0.0294. The number of piperidine rings is 1. The number of benzene rings is 2. The van der Waals surface area contributed by atoms with Crippen LogP contribution in [-0.4, -0.2) is 59.5 Å². The summed E-state index contributed by atoms with van der Waals surface area (Å²) >= 11 is 12.2. The lowest BCUT2D eigenvalue weighted by Crippen LogP contribution is -2.46. The van der Waals surface area contributed by atoms with Crippen molar-refractivity contribution in [3.8, 4) is 16.9 Å². The van der Waals surface area contributed by atoms with Crippen molar-refractivity contribution in [1.82, 2.24) is 14.8 Å². The van der Waals surface area contributed by atoms with E-state index in [2.05, 4.69) is 9.88 Å². The van der Waals surface area contributed by atoms with Gasteiger partial charge in [-0.3, -0.25) is 4.79 Å². The van der Waals surface area contributed by atoms with Crippen LogP contribution in [0.15, 0.2) is 42.6 Å². The van der Waals surface area contributed by atoms with Crippen LogP contribution < -0.4 is 10.5 Å². The topological polar surface area (TPSA) is 71.7 Å². The number of anilines is 1. The molecule has 39 heavy (non-hydrogen) atoms. The average molecular weight is 575 g/mol. The van der Waals surface area contributed by atoms with Crippen molar-refractivity contribution in [2.24, 2.45) is 0 Å². The van der Waals surface area contributed by atoms with Crippen molar-refractivity contribution in [1.29, 1.82) is 0 Å². The normalized spacial score (nSPS) is 16.6. The molecule has 1 amide bonds. The van der Waals surface area contributed by atoms with Gasteiger partial charge in [-0.2, -0.15) is 0 Å². The Morgan fingerprint density at radius 3 is 2.46 bits per heavy atom. The third kappa shape index (κ3) is 6.13. The van der Waals surface area contributed by atoms with Gasteiger partial charge in [-0.1, -0.05) is 29.3 Å². The predicted octanol–water partition coefficient (Wildman–Crippen LogP) is 6.24. The summed E-state index contributed by atoms with van der Waals surface area (Å²) in [5.41, 5.74) is 7.71. The highest BCUT2D eigenvalue weighted by molar-refractivity contribution is 6.36. The zero-order valence-electron chi connectivity index (χ0n) is 21.4. The van der Waals surface area contributed by atoms with E-state index in [0.717, 1.165) is 25.9 Å². The Kier molecular flexibility index (Phi) is 8.54. The van der Waals surface area contributed by atoms with Crippen molar-refractivity contribution in [3.05, 3.63) is 75.4 Å². The zero-order chi connectivity index (χ0) is 27.5. The van der Waals surface area contributed by atoms with Crippen LogP contribution in [0, 0.1) is 11.6 Å². The number of carbonyl (C=O) groups is 1. The van der Waals surface area contributed by atoms with Crippen molar-refractivity contribution in [2.45, 2.75) is 38.1 Å². The van der Waals surface area contributed by atoms with E-state index in [1.807, 2.05) is 0 Å². The molecule has 0 radical (unpaired) electrons. The van der Waals surface area contributed by atoms with Crippen LogP contribution in [0.3, 0.4) is 0 Å². The molecule has 0 unspecified atom stereocenters. The fourth-order valence-electron chi connectivity index (χ4n) is 5.37. The summed E-state index contributed by atoms with van der Waals surface area (Å²) in [5, 5.41) is 0.295. The fraction of sp³-hybridized carbons (Fsp3) is 0.379. The molecule has 2 saturated heterocycles. The van der Waals surface area contributed by atoms with Gasteiger partial charge in [0.15, 0.2) is 11.6 Å². The van der Waals surface area contributed by atoms with Gasteiger partial charge in [0.2, 0.25) is 0 Å². The highest BCUT2D eigenvalue weighted by Crippen LogP contribution is 2.31. The lowest BCUT2D eigenvalue weighted by atomic mass is 10.0. The third-order valence-corrected chi connectivity index (χ3v) is 8.33. The number of hydrogen-bond acceptors (Lipinski definition) is 5. The number of nitrogens with two attached hydrogens (primary N) is 1. The number of nitrogen functional groups attached to an aromatic ring is 1. The Hall–Kier alpha value is -2.94. The molecule has 0 atom stereocenters. The molecule has 0 bridgehead atoms. The van der Waals surface area contributed by atoms with Crippen LogP contribution in [-0.2, 0) is 6.42 Å². The monoisotopic (exact) mass is 574 g/mol. The van der Waals surface area contributed by atoms with E-state index >= 15 is 0 Å². The maximum absolute atomic E-state index is 14.8. The number of pyridine rings is 1. The molecule has 0 saturated carbocycles. The lowest BCUT2D eigenvalue weighted by Gasteiger charge is -2.36. The van der Waals surface area contributed by atoms with Gasteiger partial charge in [0.1, 0.15) is 11.6 Å². The first-order valence-electron chi connectivity index (χ1n) is 13.2. The molecule has 2 fully saturated rings.